The SMILES string of the molecule is CCOc1ccc2oc(-c3ccc(OC)c(OC)c3)cc(=Nc3cccc4ccccc34)c2c1. The zero-order chi connectivity index (χ0) is 23.5. The third-order valence-corrected chi connectivity index (χ3v) is 5.70. The van der Waals surface area contributed by atoms with Crippen molar-refractivity contribution in [2.75, 3.05) is 20.8 Å². The van der Waals surface area contributed by atoms with Gasteiger partial charge in [0, 0.05) is 22.4 Å². The van der Waals surface area contributed by atoms with Gasteiger partial charge in [0.2, 0.25) is 0 Å². The summed E-state index contributed by atoms with van der Waals surface area (Å²) >= 11 is 0. The Morgan fingerprint density at radius 2 is 1.59 bits per heavy atom. The maximum atomic E-state index is 6.31. The normalized spacial score (nSPS) is 11.7. The number of methoxy groups -OCH3 is 2. The maximum absolute atomic E-state index is 6.31. The summed E-state index contributed by atoms with van der Waals surface area (Å²) in [6.07, 6.45) is 0. The van der Waals surface area contributed by atoms with Crippen molar-refractivity contribution in [3.8, 4) is 28.6 Å². The monoisotopic (exact) mass is 451 g/mol. The fourth-order valence-electron chi connectivity index (χ4n) is 4.06. The van der Waals surface area contributed by atoms with Gasteiger partial charge in [0.1, 0.15) is 17.1 Å². The Kier molecular flexibility index (Phi) is 5.91. The minimum absolute atomic E-state index is 0.585. The summed E-state index contributed by atoms with van der Waals surface area (Å²) in [7, 11) is 3.24. The first-order valence-electron chi connectivity index (χ1n) is 11.2. The van der Waals surface area contributed by atoms with Crippen LogP contribution in [0.15, 0.2) is 94.3 Å². The van der Waals surface area contributed by atoms with Gasteiger partial charge in [-0.2, -0.15) is 0 Å². The van der Waals surface area contributed by atoms with Crippen molar-refractivity contribution < 1.29 is 18.6 Å². The summed E-state index contributed by atoms with van der Waals surface area (Å²) in [4.78, 5) is 5.09. The molecule has 34 heavy (non-hydrogen) atoms. The van der Waals surface area contributed by atoms with E-state index in [1.165, 1.54) is 0 Å². The summed E-state index contributed by atoms with van der Waals surface area (Å²) in [6, 6.07) is 27.9. The molecule has 0 saturated heterocycles. The van der Waals surface area contributed by atoms with E-state index in [2.05, 4.69) is 18.2 Å². The van der Waals surface area contributed by atoms with Crippen LogP contribution in [0, 0.1) is 0 Å². The number of ether oxygens (including phenoxy) is 3. The lowest BCUT2D eigenvalue weighted by molar-refractivity contribution is 0.340. The summed E-state index contributed by atoms with van der Waals surface area (Å²) in [5, 5.41) is 3.91. The first kappa shape index (κ1) is 21.6. The molecule has 1 aromatic heterocycles. The molecule has 0 unspecified atom stereocenters. The molecule has 5 rings (SSSR count). The average Bonchev–Trinajstić information content (AvgIpc) is 2.88. The number of benzene rings is 4. The van der Waals surface area contributed by atoms with Gasteiger partial charge in [-0.15, -0.1) is 0 Å². The standard InChI is InChI=1S/C29H25NO4/c1-4-33-21-13-15-26-23(17-21)25(30-24-11-7-9-19-8-5-6-10-22(19)24)18-28(34-26)20-12-14-27(31-2)29(16-20)32-3/h5-18H,4H2,1-3H3. The van der Waals surface area contributed by atoms with Crippen molar-refractivity contribution in [1.82, 2.24) is 0 Å². The molecular weight excluding hydrogens is 426 g/mol. The molecule has 1 heterocycles. The molecule has 4 aromatic carbocycles. The van der Waals surface area contributed by atoms with Gasteiger partial charge >= 0.3 is 0 Å². The molecule has 5 aromatic rings. The van der Waals surface area contributed by atoms with Crippen LogP contribution in [-0.4, -0.2) is 20.8 Å². The van der Waals surface area contributed by atoms with E-state index in [1.807, 2.05) is 73.7 Å². The molecule has 0 aliphatic rings. The van der Waals surface area contributed by atoms with Crippen molar-refractivity contribution in [2.24, 2.45) is 4.99 Å². The Hall–Kier alpha value is -4.25. The third-order valence-electron chi connectivity index (χ3n) is 5.70. The lowest BCUT2D eigenvalue weighted by Crippen LogP contribution is -2.04. The van der Waals surface area contributed by atoms with Crippen LogP contribution < -0.4 is 19.6 Å². The smallest absolute Gasteiger partial charge is 0.161 e. The maximum Gasteiger partial charge on any atom is 0.161 e. The molecule has 0 N–H and O–H groups in total. The van der Waals surface area contributed by atoms with Crippen LogP contribution >= 0.6 is 0 Å². The van der Waals surface area contributed by atoms with E-state index in [-0.39, 0.29) is 0 Å². The lowest BCUT2D eigenvalue weighted by Gasteiger charge is -2.11. The van der Waals surface area contributed by atoms with E-state index in [0.717, 1.165) is 44.1 Å². The molecule has 0 aliphatic carbocycles. The Labute approximate surface area is 197 Å². The van der Waals surface area contributed by atoms with Gasteiger partial charge in [-0.05, 0) is 54.8 Å². The summed E-state index contributed by atoms with van der Waals surface area (Å²) in [5.41, 5.74) is 2.48. The Bertz CT molecular complexity index is 1550. The quantitative estimate of drug-likeness (QED) is 0.282. The molecule has 5 heteroatoms. The summed E-state index contributed by atoms with van der Waals surface area (Å²) < 4.78 is 22.9. The van der Waals surface area contributed by atoms with Crippen LogP contribution in [-0.2, 0) is 0 Å². The lowest BCUT2D eigenvalue weighted by atomic mass is 10.1. The second-order valence-corrected chi connectivity index (χ2v) is 7.77. The number of hydrogen-bond donors (Lipinski definition) is 0. The zero-order valence-electron chi connectivity index (χ0n) is 19.4. The first-order valence-corrected chi connectivity index (χ1v) is 11.2. The van der Waals surface area contributed by atoms with E-state index >= 15 is 0 Å². The molecule has 0 radical (unpaired) electrons. The van der Waals surface area contributed by atoms with Crippen molar-refractivity contribution in [1.29, 1.82) is 0 Å². The Morgan fingerprint density at radius 1 is 0.765 bits per heavy atom. The predicted molar refractivity (Wildman–Crippen MR) is 135 cm³/mol. The highest BCUT2D eigenvalue weighted by Crippen LogP contribution is 2.33. The van der Waals surface area contributed by atoms with Crippen molar-refractivity contribution in [3.63, 3.8) is 0 Å². The molecule has 5 nitrogen and oxygen atoms in total. The second kappa shape index (κ2) is 9.32. The van der Waals surface area contributed by atoms with E-state index < -0.39 is 0 Å². The molecular formula is C29H25NO4. The van der Waals surface area contributed by atoms with Crippen molar-refractivity contribution >= 4 is 27.4 Å². The fourth-order valence-corrected chi connectivity index (χ4v) is 4.06. The highest BCUT2D eigenvalue weighted by molar-refractivity contribution is 5.92. The third kappa shape index (κ3) is 4.08. The second-order valence-electron chi connectivity index (χ2n) is 7.77. The Balaban J connectivity index is 1.78. The van der Waals surface area contributed by atoms with E-state index in [1.54, 1.807) is 14.2 Å². The van der Waals surface area contributed by atoms with Gasteiger partial charge in [0.15, 0.2) is 11.5 Å². The van der Waals surface area contributed by atoms with Gasteiger partial charge in [-0.3, -0.25) is 0 Å². The molecule has 0 fully saturated rings. The van der Waals surface area contributed by atoms with Gasteiger partial charge < -0.3 is 18.6 Å². The molecule has 0 amide bonds. The van der Waals surface area contributed by atoms with E-state index in [4.69, 9.17) is 23.6 Å². The number of fused-ring (bicyclic) bond motifs is 2. The first-order chi connectivity index (χ1) is 16.7. The van der Waals surface area contributed by atoms with Crippen LogP contribution in [0.1, 0.15) is 6.92 Å². The van der Waals surface area contributed by atoms with Gasteiger partial charge in [-0.25, -0.2) is 4.99 Å². The molecule has 0 aliphatic heterocycles. The summed E-state index contributed by atoms with van der Waals surface area (Å²) in [6.45, 7) is 2.55. The van der Waals surface area contributed by atoms with Gasteiger partial charge in [0.05, 0.1) is 31.9 Å². The average molecular weight is 452 g/mol. The van der Waals surface area contributed by atoms with Crippen LogP contribution in [0.2, 0.25) is 0 Å². The Morgan fingerprint density at radius 3 is 2.41 bits per heavy atom. The van der Waals surface area contributed by atoms with Gasteiger partial charge in [-0.1, -0.05) is 36.4 Å². The topological polar surface area (TPSA) is 53.2 Å². The largest absolute Gasteiger partial charge is 0.494 e. The minimum atomic E-state index is 0.585. The summed E-state index contributed by atoms with van der Waals surface area (Å²) in [5.74, 6) is 2.75. The molecule has 0 saturated carbocycles. The number of rotatable bonds is 6. The van der Waals surface area contributed by atoms with E-state index in [9.17, 15) is 0 Å². The van der Waals surface area contributed by atoms with Crippen LogP contribution in [0.25, 0.3) is 33.1 Å². The zero-order valence-corrected chi connectivity index (χ0v) is 19.4. The van der Waals surface area contributed by atoms with Crippen molar-refractivity contribution in [2.45, 2.75) is 6.92 Å². The fraction of sp³-hybridized carbons (Fsp3) is 0.138. The molecule has 0 bridgehead atoms. The minimum Gasteiger partial charge on any atom is -0.494 e. The predicted octanol–water partition coefficient (Wildman–Crippen LogP) is 6.90. The number of nitrogens with zero attached hydrogens (tertiary/aromatic N) is 1. The van der Waals surface area contributed by atoms with E-state index in [0.29, 0.717) is 23.9 Å². The number of hydrogen-bond acceptors (Lipinski definition) is 5. The molecule has 0 spiro atoms. The molecule has 0 atom stereocenters. The highest BCUT2D eigenvalue weighted by Gasteiger charge is 2.11. The van der Waals surface area contributed by atoms with Crippen LogP contribution in [0.5, 0.6) is 17.2 Å². The highest BCUT2D eigenvalue weighted by atomic mass is 16.5. The van der Waals surface area contributed by atoms with Crippen molar-refractivity contribution in [3.05, 3.63) is 90.3 Å². The van der Waals surface area contributed by atoms with Gasteiger partial charge in [0.25, 0.3) is 0 Å². The molecule has 170 valence electrons. The van der Waals surface area contributed by atoms with Crippen LogP contribution in [0.3, 0.4) is 0 Å². The van der Waals surface area contributed by atoms with Crippen LogP contribution in [0.4, 0.5) is 5.69 Å².